The molecule has 0 aromatic carbocycles. The van der Waals surface area contributed by atoms with Crippen LogP contribution in [0.5, 0.6) is 0 Å². The van der Waals surface area contributed by atoms with Crippen LogP contribution in [0.1, 0.15) is 51.0 Å². The number of aromatic nitrogens is 3. The fourth-order valence-corrected chi connectivity index (χ4v) is 4.03. The van der Waals surface area contributed by atoms with Crippen molar-refractivity contribution in [1.29, 1.82) is 0 Å². The minimum atomic E-state index is -0.314. The number of nitrogens with zero attached hydrogens (tertiary/aromatic N) is 3. The van der Waals surface area contributed by atoms with E-state index in [1.54, 1.807) is 12.4 Å². The van der Waals surface area contributed by atoms with Gasteiger partial charge in [0.05, 0.1) is 10.9 Å². The maximum atomic E-state index is 13.2. The van der Waals surface area contributed by atoms with Crippen LogP contribution in [0.2, 0.25) is 0 Å². The topological polar surface area (TPSA) is 87.9 Å². The molecule has 0 bridgehead atoms. The Balaban J connectivity index is 2.06. The Labute approximate surface area is 130 Å². The van der Waals surface area contributed by atoms with E-state index in [0.717, 1.165) is 23.7 Å². The van der Waals surface area contributed by atoms with E-state index in [4.69, 9.17) is 5.73 Å². The molecule has 0 aliphatic carbocycles. The molecule has 22 heavy (non-hydrogen) atoms. The molecule has 1 saturated heterocycles. The summed E-state index contributed by atoms with van der Waals surface area (Å²) in [4.78, 5) is 19.2. The van der Waals surface area contributed by atoms with Crippen molar-refractivity contribution in [3.05, 3.63) is 24.2 Å². The fourth-order valence-electron chi connectivity index (χ4n) is 4.03. The van der Waals surface area contributed by atoms with Gasteiger partial charge in [0.25, 0.3) is 5.91 Å². The Morgan fingerprint density at radius 3 is 2.59 bits per heavy atom. The number of pyridine rings is 1. The molecule has 0 saturated carbocycles. The van der Waals surface area contributed by atoms with Gasteiger partial charge in [0.2, 0.25) is 0 Å². The van der Waals surface area contributed by atoms with Gasteiger partial charge in [-0.15, -0.1) is 0 Å². The lowest BCUT2D eigenvalue weighted by Crippen LogP contribution is -2.65. The minimum Gasteiger partial charge on any atom is -0.328 e. The highest BCUT2D eigenvalue weighted by atomic mass is 16.2. The molecular formula is C16H23N5O. The largest absolute Gasteiger partial charge is 0.328 e. The number of aromatic amines is 1. The number of fused-ring (bicyclic) bond motifs is 1. The van der Waals surface area contributed by atoms with Crippen molar-refractivity contribution in [2.45, 2.75) is 57.7 Å². The summed E-state index contributed by atoms with van der Waals surface area (Å²) in [7, 11) is 0. The average Bonchev–Trinajstić information content (AvgIpc) is 2.78. The summed E-state index contributed by atoms with van der Waals surface area (Å²) in [5.74, 6) is -0.0684. The molecule has 6 heteroatoms. The second-order valence-electron chi connectivity index (χ2n) is 7.43. The van der Waals surface area contributed by atoms with E-state index in [0.29, 0.717) is 5.69 Å². The number of carbonyl (C=O) groups is 1. The van der Waals surface area contributed by atoms with Gasteiger partial charge < -0.3 is 10.6 Å². The summed E-state index contributed by atoms with van der Waals surface area (Å²) in [5.41, 5.74) is 6.81. The smallest absolute Gasteiger partial charge is 0.275 e. The summed E-state index contributed by atoms with van der Waals surface area (Å²) in [5, 5.41) is 7.90. The Morgan fingerprint density at radius 2 is 1.95 bits per heavy atom. The summed E-state index contributed by atoms with van der Waals surface area (Å²) < 4.78 is 0. The monoisotopic (exact) mass is 301 g/mol. The van der Waals surface area contributed by atoms with Gasteiger partial charge in [0, 0.05) is 29.5 Å². The SMILES string of the molecule is CC1(C)CC(N)CC(C)(C)N1C(=O)c1n[nH]c2ccncc12. The highest BCUT2D eigenvalue weighted by Crippen LogP contribution is 2.39. The third kappa shape index (κ3) is 2.27. The zero-order valence-corrected chi connectivity index (χ0v) is 13.6. The van der Waals surface area contributed by atoms with Crippen LogP contribution in [0.25, 0.3) is 10.9 Å². The molecule has 2 aromatic rings. The highest BCUT2D eigenvalue weighted by molar-refractivity contribution is 6.04. The van der Waals surface area contributed by atoms with Crippen molar-refractivity contribution < 1.29 is 4.79 Å². The van der Waals surface area contributed by atoms with E-state index >= 15 is 0 Å². The Kier molecular flexibility index (Phi) is 3.25. The number of rotatable bonds is 1. The van der Waals surface area contributed by atoms with Gasteiger partial charge in [-0.2, -0.15) is 5.10 Å². The van der Waals surface area contributed by atoms with Crippen LogP contribution in [0, 0.1) is 0 Å². The van der Waals surface area contributed by atoms with Crippen molar-refractivity contribution in [2.75, 3.05) is 0 Å². The fraction of sp³-hybridized carbons (Fsp3) is 0.562. The van der Waals surface area contributed by atoms with Crippen molar-refractivity contribution in [2.24, 2.45) is 5.73 Å². The zero-order chi connectivity index (χ0) is 16.1. The van der Waals surface area contributed by atoms with Crippen LogP contribution < -0.4 is 5.73 Å². The van der Waals surface area contributed by atoms with Gasteiger partial charge in [0.15, 0.2) is 5.69 Å². The molecule has 3 heterocycles. The predicted molar refractivity (Wildman–Crippen MR) is 85.4 cm³/mol. The molecule has 0 atom stereocenters. The summed E-state index contributed by atoms with van der Waals surface area (Å²) in [6.45, 7) is 8.27. The third-order valence-corrected chi connectivity index (χ3v) is 4.50. The maximum Gasteiger partial charge on any atom is 0.275 e. The van der Waals surface area contributed by atoms with Gasteiger partial charge in [-0.1, -0.05) is 0 Å². The van der Waals surface area contributed by atoms with Gasteiger partial charge in [-0.05, 0) is 46.6 Å². The van der Waals surface area contributed by atoms with Crippen molar-refractivity contribution in [1.82, 2.24) is 20.1 Å². The molecule has 1 aliphatic heterocycles. The van der Waals surface area contributed by atoms with Crippen LogP contribution in [-0.2, 0) is 0 Å². The first-order chi connectivity index (χ1) is 10.2. The van der Waals surface area contributed by atoms with Gasteiger partial charge in [0.1, 0.15) is 0 Å². The second kappa shape index (κ2) is 4.78. The first kappa shape index (κ1) is 15.0. The molecule has 0 spiro atoms. The van der Waals surface area contributed by atoms with Gasteiger partial charge in [-0.25, -0.2) is 0 Å². The van der Waals surface area contributed by atoms with Gasteiger partial charge >= 0.3 is 0 Å². The minimum absolute atomic E-state index is 0.0684. The predicted octanol–water partition coefficient (Wildman–Crippen LogP) is 2.08. The average molecular weight is 301 g/mol. The quantitative estimate of drug-likeness (QED) is 0.844. The van der Waals surface area contributed by atoms with E-state index in [1.165, 1.54) is 0 Å². The number of amides is 1. The number of nitrogens with one attached hydrogen (secondary N) is 1. The number of piperidine rings is 1. The zero-order valence-electron chi connectivity index (χ0n) is 13.6. The lowest BCUT2D eigenvalue weighted by Gasteiger charge is -2.54. The van der Waals surface area contributed by atoms with Crippen molar-refractivity contribution in [3.8, 4) is 0 Å². The molecule has 0 unspecified atom stereocenters. The Morgan fingerprint density at radius 1 is 1.32 bits per heavy atom. The molecule has 1 aliphatic rings. The van der Waals surface area contributed by atoms with E-state index in [2.05, 4.69) is 42.9 Å². The van der Waals surface area contributed by atoms with Crippen LogP contribution in [0.15, 0.2) is 18.5 Å². The summed E-state index contributed by atoms with van der Waals surface area (Å²) >= 11 is 0. The van der Waals surface area contributed by atoms with Crippen LogP contribution in [0.4, 0.5) is 0 Å². The number of carbonyl (C=O) groups excluding carboxylic acids is 1. The molecule has 1 fully saturated rings. The molecule has 3 N–H and O–H groups in total. The lowest BCUT2D eigenvalue weighted by molar-refractivity contribution is -0.0175. The maximum absolute atomic E-state index is 13.2. The molecule has 3 rings (SSSR count). The molecule has 118 valence electrons. The summed E-state index contributed by atoms with van der Waals surface area (Å²) in [6, 6.07) is 1.92. The Hall–Kier alpha value is -1.95. The van der Waals surface area contributed by atoms with Crippen LogP contribution in [0.3, 0.4) is 0 Å². The standard InChI is InChI=1S/C16H23N5O/c1-15(2)7-10(17)8-16(3,4)21(15)14(22)13-11-9-18-6-5-12(11)19-20-13/h5-6,9-10H,7-8,17H2,1-4H3,(H,19,20). The number of nitrogens with two attached hydrogens (primary N) is 1. The number of hydrogen-bond donors (Lipinski definition) is 2. The van der Waals surface area contributed by atoms with E-state index in [1.807, 2.05) is 11.0 Å². The van der Waals surface area contributed by atoms with E-state index in [-0.39, 0.29) is 23.0 Å². The first-order valence-electron chi connectivity index (χ1n) is 7.61. The van der Waals surface area contributed by atoms with Gasteiger partial charge in [-0.3, -0.25) is 14.9 Å². The normalized spacial score (nSPS) is 21.2. The first-order valence-corrected chi connectivity index (χ1v) is 7.61. The Bertz CT molecular complexity index is 700. The lowest BCUT2D eigenvalue weighted by atomic mass is 9.77. The van der Waals surface area contributed by atoms with Crippen molar-refractivity contribution in [3.63, 3.8) is 0 Å². The van der Waals surface area contributed by atoms with Crippen LogP contribution >= 0.6 is 0 Å². The van der Waals surface area contributed by atoms with E-state index < -0.39 is 0 Å². The second-order valence-corrected chi connectivity index (χ2v) is 7.43. The molecule has 0 radical (unpaired) electrons. The molecular weight excluding hydrogens is 278 g/mol. The number of H-pyrrole nitrogens is 1. The third-order valence-electron chi connectivity index (χ3n) is 4.50. The van der Waals surface area contributed by atoms with Crippen molar-refractivity contribution >= 4 is 16.8 Å². The number of hydrogen-bond acceptors (Lipinski definition) is 4. The highest BCUT2D eigenvalue weighted by Gasteiger charge is 2.47. The van der Waals surface area contributed by atoms with E-state index in [9.17, 15) is 4.79 Å². The van der Waals surface area contributed by atoms with Crippen LogP contribution in [-0.4, -0.2) is 43.1 Å². The molecule has 2 aromatic heterocycles. The molecule has 6 nitrogen and oxygen atoms in total. The summed E-state index contributed by atoms with van der Waals surface area (Å²) in [6.07, 6.45) is 4.93. The molecule has 1 amide bonds. The number of likely N-dealkylation sites (tertiary alicyclic amines) is 1.